The minimum absolute atomic E-state index is 0.379. The summed E-state index contributed by atoms with van der Waals surface area (Å²) < 4.78 is 0. The first-order chi connectivity index (χ1) is 5.52. The van der Waals surface area contributed by atoms with Crippen LogP contribution >= 0.6 is 0 Å². The monoisotopic (exact) mass is 169 g/mol. The minimum atomic E-state index is 0.379. The van der Waals surface area contributed by atoms with E-state index < -0.39 is 0 Å². The SMILES string of the molecule is C=C(C)CCC(N)CCC(C)C. The lowest BCUT2D eigenvalue weighted by Crippen LogP contribution is -2.20. The van der Waals surface area contributed by atoms with Crippen molar-refractivity contribution in [1.82, 2.24) is 0 Å². The highest BCUT2D eigenvalue weighted by Crippen LogP contribution is 2.10. The van der Waals surface area contributed by atoms with Crippen LogP contribution in [0, 0.1) is 5.92 Å². The van der Waals surface area contributed by atoms with Crippen molar-refractivity contribution in [2.75, 3.05) is 0 Å². The summed E-state index contributed by atoms with van der Waals surface area (Å²) >= 11 is 0. The van der Waals surface area contributed by atoms with E-state index in [1.807, 2.05) is 0 Å². The molecule has 0 aliphatic rings. The smallest absolute Gasteiger partial charge is 0.00419 e. The molecule has 0 heterocycles. The maximum absolute atomic E-state index is 5.93. The Balaban J connectivity index is 3.33. The van der Waals surface area contributed by atoms with Crippen molar-refractivity contribution in [1.29, 1.82) is 0 Å². The molecule has 1 atom stereocenters. The second-order valence-electron chi connectivity index (χ2n) is 4.23. The lowest BCUT2D eigenvalue weighted by Gasteiger charge is -2.12. The lowest BCUT2D eigenvalue weighted by atomic mass is 9.99. The summed E-state index contributed by atoms with van der Waals surface area (Å²) in [6, 6.07) is 0.379. The van der Waals surface area contributed by atoms with Crippen LogP contribution in [0.2, 0.25) is 0 Å². The Morgan fingerprint density at radius 1 is 1.25 bits per heavy atom. The molecule has 0 rings (SSSR count). The zero-order valence-corrected chi connectivity index (χ0v) is 8.77. The molecular weight excluding hydrogens is 146 g/mol. The van der Waals surface area contributed by atoms with Gasteiger partial charge in [0.15, 0.2) is 0 Å². The zero-order chi connectivity index (χ0) is 9.56. The van der Waals surface area contributed by atoms with Crippen LogP contribution in [0.15, 0.2) is 12.2 Å². The Bertz CT molecular complexity index is 127. The third kappa shape index (κ3) is 7.80. The molecule has 0 aromatic carbocycles. The van der Waals surface area contributed by atoms with Gasteiger partial charge in [0.2, 0.25) is 0 Å². The summed E-state index contributed by atoms with van der Waals surface area (Å²) in [6.45, 7) is 10.4. The largest absolute Gasteiger partial charge is 0.328 e. The zero-order valence-electron chi connectivity index (χ0n) is 8.77. The van der Waals surface area contributed by atoms with Crippen LogP contribution in [0.5, 0.6) is 0 Å². The molecule has 72 valence electrons. The van der Waals surface area contributed by atoms with Crippen molar-refractivity contribution in [3.05, 3.63) is 12.2 Å². The molecule has 0 aliphatic carbocycles. The highest BCUT2D eigenvalue weighted by Gasteiger charge is 2.03. The van der Waals surface area contributed by atoms with Crippen LogP contribution in [-0.2, 0) is 0 Å². The van der Waals surface area contributed by atoms with Crippen LogP contribution in [0.1, 0.15) is 46.5 Å². The molecule has 1 nitrogen and oxygen atoms in total. The fraction of sp³-hybridized carbons (Fsp3) is 0.818. The number of nitrogens with two attached hydrogens (primary N) is 1. The van der Waals surface area contributed by atoms with Gasteiger partial charge in [-0.1, -0.05) is 19.4 Å². The second-order valence-corrected chi connectivity index (χ2v) is 4.23. The fourth-order valence-corrected chi connectivity index (χ4v) is 1.12. The Morgan fingerprint density at radius 2 is 1.83 bits per heavy atom. The molecule has 0 bridgehead atoms. The maximum atomic E-state index is 5.93. The topological polar surface area (TPSA) is 26.0 Å². The predicted octanol–water partition coefficient (Wildman–Crippen LogP) is 3.11. The summed E-state index contributed by atoms with van der Waals surface area (Å²) in [5.41, 5.74) is 7.17. The van der Waals surface area contributed by atoms with Gasteiger partial charge >= 0.3 is 0 Å². The van der Waals surface area contributed by atoms with Crippen LogP contribution in [-0.4, -0.2) is 6.04 Å². The molecule has 0 saturated carbocycles. The van der Waals surface area contributed by atoms with Gasteiger partial charge in [0.1, 0.15) is 0 Å². The van der Waals surface area contributed by atoms with Crippen molar-refractivity contribution in [3.63, 3.8) is 0 Å². The predicted molar refractivity (Wildman–Crippen MR) is 56.1 cm³/mol. The summed E-state index contributed by atoms with van der Waals surface area (Å²) in [4.78, 5) is 0. The van der Waals surface area contributed by atoms with Gasteiger partial charge in [-0.25, -0.2) is 0 Å². The molecule has 0 amide bonds. The Morgan fingerprint density at radius 3 is 2.25 bits per heavy atom. The number of rotatable bonds is 6. The van der Waals surface area contributed by atoms with Gasteiger partial charge in [-0.15, -0.1) is 6.58 Å². The fourth-order valence-electron chi connectivity index (χ4n) is 1.12. The molecule has 1 heteroatoms. The molecule has 2 N–H and O–H groups in total. The van der Waals surface area contributed by atoms with E-state index in [4.69, 9.17) is 5.73 Å². The van der Waals surface area contributed by atoms with E-state index in [1.165, 1.54) is 12.0 Å². The third-order valence-corrected chi connectivity index (χ3v) is 2.06. The van der Waals surface area contributed by atoms with E-state index in [9.17, 15) is 0 Å². The average Bonchev–Trinajstić information content (AvgIpc) is 1.96. The van der Waals surface area contributed by atoms with Crippen molar-refractivity contribution in [3.8, 4) is 0 Å². The minimum Gasteiger partial charge on any atom is -0.328 e. The highest BCUT2D eigenvalue weighted by molar-refractivity contribution is 4.88. The quantitative estimate of drug-likeness (QED) is 0.607. The van der Waals surface area contributed by atoms with Gasteiger partial charge < -0.3 is 5.73 Å². The summed E-state index contributed by atoms with van der Waals surface area (Å²) in [5.74, 6) is 0.779. The van der Waals surface area contributed by atoms with Gasteiger partial charge in [0.05, 0.1) is 0 Å². The highest BCUT2D eigenvalue weighted by atomic mass is 14.6. The normalized spacial score (nSPS) is 13.4. The van der Waals surface area contributed by atoms with Gasteiger partial charge in [0.25, 0.3) is 0 Å². The van der Waals surface area contributed by atoms with Crippen LogP contribution in [0.25, 0.3) is 0 Å². The van der Waals surface area contributed by atoms with Crippen LogP contribution < -0.4 is 5.73 Å². The molecule has 0 spiro atoms. The van der Waals surface area contributed by atoms with E-state index in [0.717, 1.165) is 25.2 Å². The first-order valence-electron chi connectivity index (χ1n) is 4.92. The standard InChI is InChI=1S/C11H23N/c1-9(2)5-7-11(12)8-6-10(3)4/h10-11H,1,5-8,12H2,2-4H3. The molecule has 0 saturated heterocycles. The summed E-state index contributed by atoms with van der Waals surface area (Å²) in [6.07, 6.45) is 4.59. The average molecular weight is 169 g/mol. The van der Waals surface area contributed by atoms with E-state index >= 15 is 0 Å². The molecule has 0 radical (unpaired) electrons. The van der Waals surface area contributed by atoms with Gasteiger partial charge in [-0.05, 0) is 38.5 Å². The van der Waals surface area contributed by atoms with Crippen LogP contribution in [0.3, 0.4) is 0 Å². The maximum Gasteiger partial charge on any atom is 0.00419 e. The van der Waals surface area contributed by atoms with E-state index in [0.29, 0.717) is 6.04 Å². The van der Waals surface area contributed by atoms with Crippen molar-refractivity contribution in [2.24, 2.45) is 11.7 Å². The number of allylic oxidation sites excluding steroid dienone is 1. The molecule has 12 heavy (non-hydrogen) atoms. The first-order valence-corrected chi connectivity index (χ1v) is 4.92. The molecule has 1 unspecified atom stereocenters. The van der Waals surface area contributed by atoms with Crippen LogP contribution in [0.4, 0.5) is 0 Å². The Hall–Kier alpha value is -0.300. The molecule has 0 fully saturated rings. The van der Waals surface area contributed by atoms with Crippen molar-refractivity contribution in [2.45, 2.75) is 52.5 Å². The van der Waals surface area contributed by atoms with Gasteiger partial charge in [0, 0.05) is 6.04 Å². The van der Waals surface area contributed by atoms with Gasteiger partial charge in [-0.3, -0.25) is 0 Å². The molecule has 0 aliphatic heterocycles. The van der Waals surface area contributed by atoms with E-state index in [1.54, 1.807) is 0 Å². The van der Waals surface area contributed by atoms with Crippen molar-refractivity contribution >= 4 is 0 Å². The summed E-state index contributed by atoms with van der Waals surface area (Å²) in [7, 11) is 0. The van der Waals surface area contributed by atoms with E-state index in [2.05, 4.69) is 27.4 Å². The van der Waals surface area contributed by atoms with Crippen molar-refractivity contribution < 1.29 is 0 Å². The summed E-state index contributed by atoms with van der Waals surface area (Å²) in [5, 5.41) is 0. The second kappa shape index (κ2) is 6.24. The Labute approximate surface area is 77.0 Å². The number of hydrogen-bond donors (Lipinski definition) is 1. The third-order valence-electron chi connectivity index (χ3n) is 2.06. The lowest BCUT2D eigenvalue weighted by molar-refractivity contribution is 0.478. The number of hydrogen-bond acceptors (Lipinski definition) is 1. The van der Waals surface area contributed by atoms with E-state index in [-0.39, 0.29) is 0 Å². The molecule has 0 aromatic rings. The molecule has 0 aromatic heterocycles. The van der Waals surface area contributed by atoms with Gasteiger partial charge in [-0.2, -0.15) is 0 Å². The first kappa shape index (κ1) is 11.7. The Kier molecular flexibility index (Phi) is 6.09. The molecular formula is C11H23N.